The maximum absolute atomic E-state index is 12.3. The summed E-state index contributed by atoms with van der Waals surface area (Å²) < 4.78 is 0. The maximum Gasteiger partial charge on any atom is 0.311 e. The first-order chi connectivity index (χ1) is 16.7. The summed E-state index contributed by atoms with van der Waals surface area (Å²) in [5.41, 5.74) is 13.5. The molecule has 0 aliphatic rings. The molecule has 0 saturated heterocycles. The molecule has 2 unspecified atom stereocenters. The van der Waals surface area contributed by atoms with Gasteiger partial charge >= 0.3 is 11.9 Å². The minimum absolute atomic E-state index is 0.00346. The number of hydrogen-bond acceptors (Lipinski definition) is 9. The van der Waals surface area contributed by atoms with Gasteiger partial charge in [-0.05, 0) is 24.1 Å². The summed E-state index contributed by atoms with van der Waals surface area (Å²) in [7, 11) is 0. The molecule has 0 saturated carbocycles. The van der Waals surface area contributed by atoms with Crippen LogP contribution in [0.1, 0.15) is 40.4 Å². The van der Waals surface area contributed by atoms with E-state index in [-0.39, 0.29) is 35.8 Å². The zero-order valence-corrected chi connectivity index (χ0v) is 18.3. The van der Waals surface area contributed by atoms with Gasteiger partial charge in [0.2, 0.25) is 5.95 Å². The van der Waals surface area contributed by atoms with Crippen LogP contribution < -0.4 is 11.5 Å². The molecule has 178 valence electrons. The Hall–Kier alpha value is -4.92. The molecule has 1 amide bonds. The summed E-state index contributed by atoms with van der Waals surface area (Å²) in [5.74, 6) is -1.84. The fourth-order valence-corrected chi connectivity index (χ4v) is 3.19. The molecule has 2 heterocycles. The number of nitrogens with two attached hydrogens (primary N) is 2. The van der Waals surface area contributed by atoms with Crippen molar-refractivity contribution in [2.75, 3.05) is 11.5 Å². The topological polar surface area (TPSA) is 208 Å². The number of terminal acetylenes is 1. The lowest BCUT2D eigenvalue weighted by atomic mass is 9.94. The summed E-state index contributed by atoms with van der Waals surface area (Å²) >= 11 is 0. The number of carboxylic acids is 2. The minimum atomic E-state index is -1.26. The molecule has 12 nitrogen and oxygen atoms in total. The second-order valence-electron chi connectivity index (χ2n) is 7.51. The number of carbonyl (C=O) groups excluding carboxylic acids is 1. The molecule has 0 aliphatic heterocycles. The fraction of sp³-hybridized carbons (Fsp3) is 0.217. The molecule has 35 heavy (non-hydrogen) atoms. The largest absolute Gasteiger partial charge is 0.481 e. The third-order valence-electron chi connectivity index (χ3n) is 5.03. The van der Waals surface area contributed by atoms with Gasteiger partial charge in [0.15, 0.2) is 17.0 Å². The Morgan fingerprint density at radius 3 is 2.46 bits per heavy atom. The Kier molecular flexibility index (Phi) is 7.63. The van der Waals surface area contributed by atoms with Gasteiger partial charge in [0.25, 0.3) is 5.91 Å². The van der Waals surface area contributed by atoms with E-state index < -0.39 is 29.7 Å². The van der Waals surface area contributed by atoms with E-state index in [0.717, 1.165) is 11.8 Å². The van der Waals surface area contributed by atoms with Crippen LogP contribution in [0.3, 0.4) is 0 Å². The second-order valence-corrected chi connectivity index (χ2v) is 7.51. The summed E-state index contributed by atoms with van der Waals surface area (Å²) in [6, 6.07) is 6.37. The standard InChI is InChI=1S/C23H21N7O5/c1-2-12(9-16-11-26-20-18(28-16)19(24)29-23(25)30-20)13-3-5-14(6-4-13)21(33)27-10-15(22(34)35)7-8-17(31)32/h1,3-6,10-12,15H,7-9H2,(H,31,32)(H,34,35)(H4,24,25,26,29,30)/b27-10+. The van der Waals surface area contributed by atoms with Crippen molar-refractivity contribution in [2.24, 2.45) is 10.9 Å². The summed E-state index contributed by atoms with van der Waals surface area (Å²) in [4.78, 5) is 54.4. The van der Waals surface area contributed by atoms with Crippen molar-refractivity contribution in [1.29, 1.82) is 0 Å². The van der Waals surface area contributed by atoms with Gasteiger partial charge in [-0.3, -0.25) is 14.4 Å². The number of nitrogen functional groups attached to an aromatic ring is 2. The van der Waals surface area contributed by atoms with Gasteiger partial charge < -0.3 is 21.7 Å². The second kappa shape index (κ2) is 10.8. The van der Waals surface area contributed by atoms with Gasteiger partial charge in [-0.2, -0.15) is 9.97 Å². The van der Waals surface area contributed by atoms with Gasteiger partial charge in [-0.25, -0.2) is 15.0 Å². The first kappa shape index (κ1) is 24.7. The lowest BCUT2D eigenvalue weighted by molar-refractivity contribution is -0.140. The first-order valence-electron chi connectivity index (χ1n) is 10.3. The van der Waals surface area contributed by atoms with Crippen molar-refractivity contribution in [1.82, 2.24) is 19.9 Å². The molecule has 3 aromatic rings. The van der Waals surface area contributed by atoms with Crippen molar-refractivity contribution in [3.05, 3.63) is 47.3 Å². The number of fused-ring (bicyclic) bond motifs is 1. The lowest BCUT2D eigenvalue weighted by Gasteiger charge is -2.12. The van der Waals surface area contributed by atoms with Crippen LogP contribution in [0.15, 0.2) is 35.5 Å². The molecule has 0 bridgehead atoms. The minimum Gasteiger partial charge on any atom is -0.481 e. The van der Waals surface area contributed by atoms with Crippen LogP contribution >= 0.6 is 0 Å². The summed E-state index contributed by atoms with van der Waals surface area (Å²) in [5, 5.41) is 17.9. The van der Waals surface area contributed by atoms with Crippen molar-refractivity contribution in [3.8, 4) is 12.3 Å². The van der Waals surface area contributed by atoms with Crippen molar-refractivity contribution in [3.63, 3.8) is 0 Å². The molecule has 2 aromatic heterocycles. The maximum atomic E-state index is 12.3. The van der Waals surface area contributed by atoms with Crippen LogP contribution in [0.5, 0.6) is 0 Å². The van der Waals surface area contributed by atoms with Crippen molar-refractivity contribution < 1.29 is 24.6 Å². The van der Waals surface area contributed by atoms with E-state index in [1.807, 2.05) is 0 Å². The zero-order chi connectivity index (χ0) is 25.5. The summed E-state index contributed by atoms with van der Waals surface area (Å²) in [6.07, 6.45) is 8.00. The predicted molar refractivity (Wildman–Crippen MR) is 126 cm³/mol. The number of aliphatic imine (C=N–C) groups is 1. The average molecular weight is 475 g/mol. The number of carboxylic acid groups (broad SMARTS) is 2. The van der Waals surface area contributed by atoms with Crippen LogP contribution in [-0.2, 0) is 16.0 Å². The van der Waals surface area contributed by atoms with Crippen LogP contribution in [0.2, 0.25) is 0 Å². The molecule has 6 N–H and O–H groups in total. The number of carbonyl (C=O) groups is 3. The number of aromatic nitrogens is 4. The number of hydrogen-bond donors (Lipinski definition) is 4. The molecule has 0 radical (unpaired) electrons. The average Bonchev–Trinajstić information content (AvgIpc) is 2.82. The molecule has 0 aliphatic carbocycles. The van der Waals surface area contributed by atoms with E-state index in [1.165, 1.54) is 18.3 Å². The highest BCUT2D eigenvalue weighted by Crippen LogP contribution is 2.22. The molecule has 0 fully saturated rings. The van der Waals surface area contributed by atoms with Crippen LogP contribution in [0, 0.1) is 18.3 Å². The van der Waals surface area contributed by atoms with E-state index >= 15 is 0 Å². The molecule has 12 heteroatoms. The number of benzene rings is 1. The number of rotatable bonds is 9. The van der Waals surface area contributed by atoms with Gasteiger partial charge in [-0.15, -0.1) is 6.42 Å². The Balaban J connectivity index is 1.72. The molecule has 2 atom stereocenters. The van der Waals surface area contributed by atoms with E-state index in [9.17, 15) is 14.4 Å². The van der Waals surface area contributed by atoms with Gasteiger partial charge in [0, 0.05) is 24.6 Å². The highest BCUT2D eigenvalue weighted by Gasteiger charge is 2.18. The Labute approximate surface area is 199 Å². The lowest BCUT2D eigenvalue weighted by Crippen LogP contribution is -2.17. The Morgan fingerprint density at radius 1 is 1.11 bits per heavy atom. The Morgan fingerprint density at radius 2 is 1.83 bits per heavy atom. The monoisotopic (exact) mass is 475 g/mol. The molecule has 3 rings (SSSR count). The first-order valence-corrected chi connectivity index (χ1v) is 10.3. The van der Waals surface area contributed by atoms with Gasteiger partial charge in [0.05, 0.1) is 23.7 Å². The van der Waals surface area contributed by atoms with Gasteiger partial charge in [0.1, 0.15) is 0 Å². The van der Waals surface area contributed by atoms with E-state index in [2.05, 4.69) is 30.8 Å². The summed E-state index contributed by atoms with van der Waals surface area (Å²) in [6.45, 7) is 0. The van der Waals surface area contributed by atoms with Crippen LogP contribution in [-0.4, -0.2) is 54.2 Å². The van der Waals surface area contributed by atoms with E-state index in [4.69, 9.17) is 28.1 Å². The predicted octanol–water partition coefficient (Wildman–Crippen LogP) is 1.32. The zero-order valence-electron chi connectivity index (χ0n) is 18.3. The molecular weight excluding hydrogens is 454 g/mol. The van der Waals surface area contributed by atoms with E-state index in [1.54, 1.807) is 12.1 Å². The molecule has 1 aromatic carbocycles. The number of aliphatic carboxylic acids is 2. The fourth-order valence-electron chi connectivity index (χ4n) is 3.19. The molecule has 0 spiro atoms. The number of anilines is 2. The third kappa shape index (κ3) is 6.32. The number of amides is 1. The van der Waals surface area contributed by atoms with Crippen LogP contribution in [0.25, 0.3) is 11.2 Å². The number of nitrogens with zero attached hydrogens (tertiary/aromatic N) is 5. The highest BCUT2D eigenvalue weighted by molar-refractivity contribution is 6.02. The van der Waals surface area contributed by atoms with E-state index in [0.29, 0.717) is 17.6 Å². The highest BCUT2D eigenvalue weighted by atomic mass is 16.4. The molecular formula is C23H21N7O5. The van der Waals surface area contributed by atoms with Crippen molar-refractivity contribution >= 4 is 47.0 Å². The third-order valence-corrected chi connectivity index (χ3v) is 5.03. The van der Waals surface area contributed by atoms with Crippen molar-refractivity contribution in [2.45, 2.75) is 25.2 Å². The SMILES string of the molecule is C#CC(Cc1cnc2nc(N)nc(N)c2n1)c1ccc(C(=O)/N=C/C(CCC(=O)O)C(=O)O)cc1. The smallest absolute Gasteiger partial charge is 0.311 e. The van der Waals surface area contributed by atoms with Gasteiger partial charge in [-0.1, -0.05) is 18.1 Å². The van der Waals surface area contributed by atoms with Crippen LogP contribution in [0.4, 0.5) is 11.8 Å². The Bertz CT molecular complexity index is 1350. The normalized spacial score (nSPS) is 12.8. The quantitative estimate of drug-likeness (QED) is 0.256.